The van der Waals surface area contributed by atoms with Crippen LogP contribution in [0.25, 0.3) is 22.2 Å². The van der Waals surface area contributed by atoms with Crippen LogP contribution in [0.3, 0.4) is 0 Å². The Labute approximate surface area is 200 Å². The van der Waals surface area contributed by atoms with Crippen LogP contribution in [0, 0.1) is 31.7 Å². The third-order valence-corrected chi connectivity index (χ3v) is 6.32. The van der Waals surface area contributed by atoms with Gasteiger partial charge in [-0.15, -0.1) is 34.9 Å². The molecule has 3 atom stereocenters. The van der Waals surface area contributed by atoms with Gasteiger partial charge < -0.3 is 10.2 Å². The number of aryl methyl sites for hydroxylation is 2. The van der Waals surface area contributed by atoms with E-state index in [2.05, 4.69) is 50.2 Å². The molecule has 4 heteroatoms. The molecule has 2 aromatic carbocycles. The van der Waals surface area contributed by atoms with Crippen molar-refractivity contribution in [3.05, 3.63) is 65.7 Å². The Morgan fingerprint density at radius 2 is 1.65 bits per heavy atom. The van der Waals surface area contributed by atoms with Gasteiger partial charge in [0.05, 0.1) is 11.6 Å². The fourth-order valence-corrected chi connectivity index (χ4v) is 4.95. The average Bonchev–Trinajstić information content (AvgIpc) is 3.16. The topological polar surface area (TPSA) is 53.4 Å². The van der Waals surface area contributed by atoms with Crippen molar-refractivity contribution in [2.24, 2.45) is 11.8 Å². The molecule has 0 amide bonds. The second kappa shape index (κ2) is 12.5. The van der Waals surface area contributed by atoms with E-state index in [9.17, 15) is 5.11 Å². The van der Waals surface area contributed by atoms with Gasteiger partial charge in [0.25, 0.3) is 0 Å². The molecule has 2 aliphatic rings. The van der Waals surface area contributed by atoms with E-state index in [1.807, 2.05) is 18.2 Å². The molecule has 2 saturated carbocycles. The number of hydrogen-bond acceptors (Lipinski definition) is 3. The van der Waals surface area contributed by atoms with Crippen LogP contribution in [0.15, 0.2) is 48.5 Å². The number of nitrogens with zero attached hydrogens (tertiary/aromatic N) is 1. The van der Waals surface area contributed by atoms with Crippen LogP contribution < -0.4 is 0 Å². The minimum absolute atomic E-state index is 0. The van der Waals surface area contributed by atoms with Crippen molar-refractivity contribution in [2.45, 2.75) is 58.5 Å². The number of aliphatic hydroxyl groups excluding tert-OH is 2. The Kier molecular flexibility index (Phi) is 10.3. The molecule has 169 valence electrons. The molecule has 1 radical (unpaired) electrons. The van der Waals surface area contributed by atoms with Gasteiger partial charge >= 0.3 is 0 Å². The van der Waals surface area contributed by atoms with Crippen molar-refractivity contribution in [1.29, 1.82) is 0 Å². The summed E-state index contributed by atoms with van der Waals surface area (Å²) in [5.41, 5.74) is 5.48. The van der Waals surface area contributed by atoms with Crippen molar-refractivity contribution in [3.63, 3.8) is 0 Å². The minimum Gasteiger partial charge on any atom is -0.400 e. The zero-order valence-electron chi connectivity index (χ0n) is 18.8. The molecule has 2 N–H and O–H groups in total. The Hall–Kier alpha value is -1.58. The molecule has 2 fully saturated rings. The van der Waals surface area contributed by atoms with E-state index >= 15 is 0 Å². The van der Waals surface area contributed by atoms with Crippen molar-refractivity contribution < 1.29 is 30.3 Å². The van der Waals surface area contributed by atoms with E-state index in [-0.39, 0.29) is 26.2 Å². The summed E-state index contributed by atoms with van der Waals surface area (Å²) in [6.45, 7) is 4.17. The molecule has 1 heterocycles. The maximum atomic E-state index is 9.52. The normalized spacial score (nSPS) is 21.6. The van der Waals surface area contributed by atoms with Crippen LogP contribution >= 0.6 is 0 Å². The second-order valence-corrected chi connectivity index (χ2v) is 8.50. The molecule has 5 rings (SSSR count). The quantitative estimate of drug-likeness (QED) is 0.346. The van der Waals surface area contributed by atoms with Crippen LogP contribution in [0.2, 0.25) is 0 Å². The standard InChI is InChI=1S/C17H14N.C9H16O.CH4O.Ir/c1-12-9-13(2)11-15(10-12)17-8-7-14-5-3-4-6-16(14)18-17;10-9-6-5-7-3-1-2-4-8(7)9;1-2;/h3-10H,1-2H3;7-10H,1-6H2;2H,1H3;/q-1;;;. The first-order valence-corrected chi connectivity index (χ1v) is 11.1. The number of para-hydroxylation sites is 1. The predicted molar refractivity (Wildman–Crippen MR) is 124 cm³/mol. The zero-order chi connectivity index (χ0) is 21.5. The number of benzene rings is 2. The predicted octanol–water partition coefficient (Wildman–Crippen LogP) is 5.87. The maximum absolute atomic E-state index is 9.52. The summed E-state index contributed by atoms with van der Waals surface area (Å²) < 4.78 is 0. The number of hydrogen-bond donors (Lipinski definition) is 2. The third kappa shape index (κ3) is 6.70. The van der Waals surface area contributed by atoms with Gasteiger partial charge in [0.2, 0.25) is 0 Å². The van der Waals surface area contributed by atoms with Gasteiger partial charge in [-0.05, 0) is 48.2 Å². The SMILES string of the molecule is CO.Cc1[c-]c(-c2ccc3ccccc3n2)cc(C)c1.OC1CCC2CCCCC12.[Ir]. The van der Waals surface area contributed by atoms with Crippen molar-refractivity contribution in [2.75, 3.05) is 7.11 Å². The first-order chi connectivity index (χ1) is 14.6. The number of aliphatic hydroxyl groups is 2. The summed E-state index contributed by atoms with van der Waals surface area (Å²) in [5, 5.41) is 17.7. The zero-order valence-corrected chi connectivity index (χ0v) is 21.2. The van der Waals surface area contributed by atoms with E-state index in [4.69, 9.17) is 10.1 Å². The number of rotatable bonds is 1. The van der Waals surface area contributed by atoms with E-state index < -0.39 is 0 Å². The van der Waals surface area contributed by atoms with Gasteiger partial charge in [-0.2, -0.15) is 0 Å². The molecule has 2 aliphatic carbocycles. The smallest absolute Gasteiger partial charge is 0.0595 e. The first kappa shape index (κ1) is 25.7. The Bertz CT molecular complexity index is 937. The van der Waals surface area contributed by atoms with Gasteiger partial charge in [-0.3, -0.25) is 4.98 Å². The summed E-state index contributed by atoms with van der Waals surface area (Å²) in [7, 11) is 1.00. The third-order valence-electron chi connectivity index (χ3n) is 6.32. The number of pyridine rings is 1. The number of fused-ring (bicyclic) bond motifs is 2. The molecule has 3 unspecified atom stereocenters. The summed E-state index contributed by atoms with van der Waals surface area (Å²) in [5.74, 6) is 1.58. The molecule has 1 aromatic heterocycles. The molecule has 0 bridgehead atoms. The second-order valence-electron chi connectivity index (χ2n) is 8.50. The van der Waals surface area contributed by atoms with Crippen molar-refractivity contribution in [1.82, 2.24) is 4.98 Å². The van der Waals surface area contributed by atoms with E-state index in [0.717, 1.165) is 41.8 Å². The van der Waals surface area contributed by atoms with Gasteiger partial charge in [0, 0.05) is 27.2 Å². The average molecular weight is 597 g/mol. The van der Waals surface area contributed by atoms with Crippen LogP contribution in [0.5, 0.6) is 0 Å². The van der Waals surface area contributed by atoms with Crippen LogP contribution in [0.4, 0.5) is 0 Å². The molecule has 0 saturated heterocycles. The monoisotopic (exact) mass is 597 g/mol. The van der Waals surface area contributed by atoms with Gasteiger partial charge in [-0.1, -0.05) is 63.4 Å². The maximum Gasteiger partial charge on any atom is 0.0595 e. The summed E-state index contributed by atoms with van der Waals surface area (Å²) in [6.07, 6.45) is 7.89. The molecule has 0 aliphatic heterocycles. The number of aromatic nitrogens is 1. The minimum atomic E-state index is 0. The Morgan fingerprint density at radius 3 is 2.39 bits per heavy atom. The van der Waals surface area contributed by atoms with E-state index in [1.54, 1.807) is 0 Å². The largest absolute Gasteiger partial charge is 0.400 e. The van der Waals surface area contributed by atoms with Crippen LogP contribution in [-0.4, -0.2) is 28.4 Å². The van der Waals surface area contributed by atoms with Crippen LogP contribution in [-0.2, 0) is 20.1 Å². The van der Waals surface area contributed by atoms with Crippen LogP contribution in [0.1, 0.15) is 49.7 Å². The van der Waals surface area contributed by atoms with Gasteiger partial charge in [-0.25, -0.2) is 0 Å². The van der Waals surface area contributed by atoms with E-state index in [1.165, 1.54) is 43.1 Å². The molecule has 3 aromatic rings. The first-order valence-electron chi connectivity index (χ1n) is 11.1. The summed E-state index contributed by atoms with van der Waals surface area (Å²) in [4.78, 5) is 4.70. The fourth-order valence-electron chi connectivity index (χ4n) is 4.95. The molecule has 3 nitrogen and oxygen atoms in total. The van der Waals surface area contributed by atoms with Gasteiger partial charge in [0.1, 0.15) is 0 Å². The molecular weight excluding hydrogens is 563 g/mol. The molecule has 31 heavy (non-hydrogen) atoms. The van der Waals surface area contributed by atoms with Crippen molar-refractivity contribution in [3.8, 4) is 11.3 Å². The summed E-state index contributed by atoms with van der Waals surface area (Å²) >= 11 is 0. The Balaban J connectivity index is 0.000000224. The Morgan fingerprint density at radius 1 is 0.903 bits per heavy atom. The summed E-state index contributed by atoms with van der Waals surface area (Å²) in [6, 6.07) is 20.0. The molecular formula is C27H34IrNO2-. The van der Waals surface area contributed by atoms with Gasteiger partial charge in [0.15, 0.2) is 0 Å². The van der Waals surface area contributed by atoms with Crippen molar-refractivity contribution >= 4 is 10.9 Å². The fraction of sp³-hybridized carbons (Fsp3) is 0.444. The molecule has 0 spiro atoms. The van der Waals surface area contributed by atoms with E-state index in [0.29, 0.717) is 5.92 Å².